The van der Waals surface area contributed by atoms with Crippen molar-refractivity contribution in [2.24, 2.45) is 4.99 Å². The first-order chi connectivity index (χ1) is 10.9. The average molecular weight is 341 g/mol. The van der Waals surface area contributed by atoms with Gasteiger partial charge >= 0.3 is 0 Å². The summed E-state index contributed by atoms with van der Waals surface area (Å²) in [7, 11) is 1.72. The summed E-state index contributed by atoms with van der Waals surface area (Å²) in [6.45, 7) is 6.10. The molecule has 0 radical (unpaired) electrons. The third-order valence-corrected chi connectivity index (χ3v) is 4.91. The molecule has 1 aromatic rings. The number of hydrogen-bond donors (Lipinski definition) is 2. The second-order valence-electron chi connectivity index (χ2n) is 5.91. The summed E-state index contributed by atoms with van der Waals surface area (Å²) in [5.41, 5.74) is 1.50. The van der Waals surface area contributed by atoms with E-state index in [1.807, 2.05) is 0 Å². The molecule has 0 bridgehead atoms. The molecular formula is C16H24FN3O2S. The normalized spacial score (nSPS) is 14.9. The Bertz CT molecular complexity index is 579. The maximum absolute atomic E-state index is 13.7. The Morgan fingerprint density at radius 1 is 1.39 bits per heavy atom. The van der Waals surface area contributed by atoms with Gasteiger partial charge in [0.2, 0.25) is 0 Å². The van der Waals surface area contributed by atoms with E-state index in [0.717, 1.165) is 17.7 Å². The van der Waals surface area contributed by atoms with Crippen molar-refractivity contribution in [3.05, 3.63) is 29.1 Å². The largest absolute Gasteiger partial charge is 0.467 e. The molecule has 1 heterocycles. The van der Waals surface area contributed by atoms with E-state index in [-0.39, 0.29) is 17.4 Å². The number of hydrogen-bond acceptors (Lipinski definition) is 4. The molecular weight excluding hydrogens is 317 g/mol. The lowest BCUT2D eigenvalue weighted by atomic mass is 10.1. The maximum atomic E-state index is 13.7. The number of thioether (sulfide) groups is 1. The molecule has 0 spiro atoms. The van der Waals surface area contributed by atoms with Crippen LogP contribution >= 0.6 is 11.8 Å². The smallest absolute Gasteiger partial charge is 0.191 e. The SMILES string of the molecule is CN=C(NCc1cc(F)cc2c1OCOC2)NCC(C)(C)SC. The highest BCUT2D eigenvalue weighted by molar-refractivity contribution is 7.99. The van der Waals surface area contributed by atoms with Gasteiger partial charge in [0.1, 0.15) is 11.6 Å². The van der Waals surface area contributed by atoms with Crippen molar-refractivity contribution in [3.63, 3.8) is 0 Å². The Morgan fingerprint density at radius 2 is 2.17 bits per heavy atom. The summed E-state index contributed by atoms with van der Waals surface area (Å²) in [4.78, 5) is 4.20. The molecule has 7 heteroatoms. The highest BCUT2D eigenvalue weighted by atomic mass is 32.2. The fourth-order valence-electron chi connectivity index (χ4n) is 2.16. The van der Waals surface area contributed by atoms with Crippen molar-refractivity contribution in [1.82, 2.24) is 10.6 Å². The van der Waals surface area contributed by atoms with Gasteiger partial charge in [0, 0.05) is 36.0 Å². The van der Waals surface area contributed by atoms with Gasteiger partial charge in [0.05, 0.1) is 6.61 Å². The van der Waals surface area contributed by atoms with Crippen molar-refractivity contribution in [2.45, 2.75) is 31.7 Å². The number of rotatable bonds is 5. The van der Waals surface area contributed by atoms with E-state index in [1.54, 1.807) is 18.8 Å². The lowest BCUT2D eigenvalue weighted by Crippen LogP contribution is -2.43. The first-order valence-electron chi connectivity index (χ1n) is 7.46. The fraction of sp³-hybridized carbons (Fsp3) is 0.562. The van der Waals surface area contributed by atoms with Crippen LogP contribution in [-0.4, -0.2) is 37.3 Å². The van der Waals surface area contributed by atoms with Gasteiger partial charge in [-0.1, -0.05) is 0 Å². The van der Waals surface area contributed by atoms with Gasteiger partial charge in [0.25, 0.3) is 0 Å². The zero-order chi connectivity index (χ0) is 16.9. The third-order valence-electron chi connectivity index (χ3n) is 3.66. The van der Waals surface area contributed by atoms with Crippen LogP contribution < -0.4 is 15.4 Å². The Labute approximate surface area is 141 Å². The quantitative estimate of drug-likeness (QED) is 0.637. The first kappa shape index (κ1) is 17.9. The van der Waals surface area contributed by atoms with Gasteiger partial charge in [-0.2, -0.15) is 11.8 Å². The number of nitrogens with one attached hydrogen (secondary N) is 2. The topological polar surface area (TPSA) is 54.9 Å². The minimum absolute atomic E-state index is 0.107. The second-order valence-corrected chi connectivity index (χ2v) is 7.42. The predicted octanol–water partition coefficient (Wildman–Crippen LogP) is 2.50. The van der Waals surface area contributed by atoms with E-state index in [1.165, 1.54) is 12.1 Å². The number of aliphatic imine (C=N–C) groups is 1. The zero-order valence-corrected chi connectivity index (χ0v) is 14.8. The molecule has 2 N–H and O–H groups in total. The van der Waals surface area contributed by atoms with Crippen LogP contribution in [0.2, 0.25) is 0 Å². The van der Waals surface area contributed by atoms with Gasteiger partial charge in [-0.05, 0) is 32.2 Å². The summed E-state index contributed by atoms with van der Waals surface area (Å²) in [5.74, 6) is 1.09. The van der Waals surface area contributed by atoms with Crippen molar-refractivity contribution in [2.75, 3.05) is 26.6 Å². The second kappa shape index (κ2) is 7.88. The van der Waals surface area contributed by atoms with Crippen LogP contribution in [0.15, 0.2) is 17.1 Å². The van der Waals surface area contributed by atoms with Gasteiger partial charge in [-0.15, -0.1) is 0 Å². The summed E-state index contributed by atoms with van der Waals surface area (Å²) >= 11 is 1.79. The lowest BCUT2D eigenvalue weighted by molar-refractivity contribution is -0.0172. The van der Waals surface area contributed by atoms with Gasteiger partial charge in [0.15, 0.2) is 12.8 Å². The van der Waals surface area contributed by atoms with Crippen molar-refractivity contribution in [3.8, 4) is 5.75 Å². The molecule has 0 aliphatic carbocycles. The number of fused-ring (bicyclic) bond motifs is 1. The Kier molecular flexibility index (Phi) is 6.12. The van der Waals surface area contributed by atoms with Crippen LogP contribution in [0.5, 0.6) is 5.75 Å². The summed E-state index contributed by atoms with van der Waals surface area (Å²) in [6, 6.07) is 2.93. The summed E-state index contributed by atoms with van der Waals surface area (Å²) in [5, 5.41) is 6.49. The van der Waals surface area contributed by atoms with E-state index in [2.05, 4.69) is 35.7 Å². The lowest BCUT2D eigenvalue weighted by Gasteiger charge is -2.24. The maximum Gasteiger partial charge on any atom is 0.191 e. The Morgan fingerprint density at radius 3 is 2.87 bits per heavy atom. The molecule has 0 aromatic heterocycles. The molecule has 128 valence electrons. The van der Waals surface area contributed by atoms with E-state index in [9.17, 15) is 4.39 Å². The molecule has 0 saturated carbocycles. The van der Waals surface area contributed by atoms with Crippen molar-refractivity contribution in [1.29, 1.82) is 0 Å². The molecule has 2 rings (SSSR count). The standard InChI is InChI=1S/C16H24FN3O2S/c1-16(2,23-4)9-20-15(18-3)19-7-11-5-13(17)6-12-8-21-10-22-14(11)12/h5-6H,7-10H2,1-4H3,(H2,18,19,20). The first-order valence-corrected chi connectivity index (χ1v) is 8.69. The predicted molar refractivity (Wildman–Crippen MR) is 92.5 cm³/mol. The van der Waals surface area contributed by atoms with Crippen LogP contribution in [0.4, 0.5) is 4.39 Å². The molecule has 5 nitrogen and oxygen atoms in total. The molecule has 1 aliphatic heterocycles. The molecule has 0 unspecified atom stereocenters. The Hall–Kier alpha value is -1.47. The van der Waals surface area contributed by atoms with E-state index in [0.29, 0.717) is 24.9 Å². The zero-order valence-electron chi connectivity index (χ0n) is 14.0. The average Bonchev–Trinajstić information content (AvgIpc) is 2.54. The minimum Gasteiger partial charge on any atom is -0.467 e. The van der Waals surface area contributed by atoms with Crippen LogP contribution in [0.1, 0.15) is 25.0 Å². The number of halogens is 1. The highest BCUT2D eigenvalue weighted by Gasteiger charge is 2.18. The van der Waals surface area contributed by atoms with Crippen molar-refractivity contribution < 1.29 is 13.9 Å². The molecule has 0 atom stereocenters. The molecule has 0 fully saturated rings. The van der Waals surface area contributed by atoms with Gasteiger partial charge in [-0.3, -0.25) is 4.99 Å². The molecule has 1 aromatic carbocycles. The molecule has 23 heavy (non-hydrogen) atoms. The number of guanidine groups is 1. The monoisotopic (exact) mass is 341 g/mol. The van der Waals surface area contributed by atoms with Crippen LogP contribution in [-0.2, 0) is 17.9 Å². The van der Waals surface area contributed by atoms with E-state index < -0.39 is 0 Å². The number of benzene rings is 1. The minimum atomic E-state index is -0.291. The Balaban J connectivity index is 2.01. The molecule has 1 aliphatic rings. The van der Waals surface area contributed by atoms with Gasteiger partial charge < -0.3 is 20.1 Å². The van der Waals surface area contributed by atoms with E-state index >= 15 is 0 Å². The summed E-state index contributed by atoms with van der Waals surface area (Å²) < 4.78 is 24.5. The van der Waals surface area contributed by atoms with E-state index in [4.69, 9.17) is 9.47 Å². The highest BCUT2D eigenvalue weighted by Crippen LogP contribution is 2.29. The molecule has 0 saturated heterocycles. The van der Waals surface area contributed by atoms with Gasteiger partial charge in [-0.25, -0.2) is 4.39 Å². The molecule has 0 amide bonds. The summed E-state index contributed by atoms with van der Waals surface area (Å²) in [6.07, 6.45) is 2.08. The number of ether oxygens (including phenoxy) is 2. The fourth-order valence-corrected chi connectivity index (χ4v) is 2.37. The van der Waals surface area contributed by atoms with Crippen molar-refractivity contribution >= 4 is 17.7 Å². The van der Waals surface area contributed by atoms with Crippen LogP contribution in [0.3, 0.4) is 0 Å². The third kappa shape index (κ3) is 5.00. The van der Waals surface area contributed by atoms with Crippen LogP contribution in [0, 0.1) is 5.82 Å². The van der Waals surface area contributed by atoms with Crippen LogP contribution in [0.25, 0.3) is 0 Å². The number of nitrogens with zero attached hydrogens (tertiary/aromatic N) is 1.